The Balaban J connectivity index is 1.57. The van der Waals surface area contributed by atoms with Gasteiger partial charge in [-0.3, -0.25) is 4.79 Å². The first kappa shape index (κ1) is 20.1. The molecule has 0 unspecified atom stereocenters. The Morgan fingerprint density at radius 3 is 2.32 bits per heavy atom. The third-order valence-electron chi connectivity index (χ3n) is 4.72. The summed E-state index contributed by atoms with van der Waals surface area (Å²) >= 11 is 0. The van der Waals surface area contributed by atoms with Crippen LogP contribution in [0.25, 0.3) is 6.08 Å². The van der Waals surface area contributed by atoms with Crippen molar-refractivity contribution >= 4 is 22.0 Å². The SMILES string of the molecule is COc1ccccc1CC(=O)N1CCN(S(=O)(=O)C=Cc2ccccc2)CC1. The highest BCUT2D eigenvalue weighted by atomic mass is 32.2. The molecule has 28 heavy (non-hydrogen) atoms. The number of piperazine rings is 1. The largest absolute Gasteiger partial charge is 0.496 e. The first-order chi connectivity index (χ1) is 13.5. The van der Waals surface area contributed by atoms with Crippen LogP contribution in [0.2, 0.25) is 0 Å². The number of hydrogen-bond donors (Lipinski definition) is 0. The van der Waals surface area contributed by atoms with Gasteiger partial charge in [-0.25, -0.2) is 8.42 Å². The van der Waals surface area contributed by atoms with Gasteiger partial charge in [0.2, 0.25) is 15.9 Å². The number of rotatable bonds is 6. The topological polar surface area (TPSA) is 66.9 Å². The predicted molar refractivity (Wildman–Crippen MR) is 109 cm³/mol. The Bertz CT molecular complexity index is 934. The molecule has 0 aromatic heterocycles. The van der Waals surface area contributed by atoms with E-state index in [4.69, 9.17) is 4.74 Å². The molecule has 1 amide bonds. The van der Waals surface area contributed by atoms with Crippen LogP contribution in [0.5, 0.6) is 5.75 Å². The molecule has 0 atom stereocenters. The van der Waals surface area contributed by atoms with Gasteiger partial charge < -0.3 is 9.64 Å². The first-order valence-electron chi connectivity index (χ1n) is 9.12. The van der Waals surface area contributed by atoms with E-state index in [1.165, 1.54) is 9.71 Å². The van der Waals surface area contributed by atoms with Gasteiger partial charge in [-0.15, -0.1) is 0 Å². The molecule has 0 bridgehead atoms. The highest BCUT2D eigenvalue weighted by Crippen LogP contribution is 2.19. The Hall–Kier alpha value is -2.64. The van der Waals surface area contributed by atoms with E-state index < -0.39 is 10.0 Å². The lowest BCUT2D eigenvalue weighted by atomic mass is 10.1. The molecule has 7 heteroatoms. The fourth-order valence-electron chi connectivity index (χ4n) is 3.13. The molecule has 0 N–H and O–H groups in total. The number of hydrogen-bond acceptors (Lipinski definition) is 4. The fraction of sp³-hybridized carbons (Fsp3) is 0.286. The van der Waals surface area contributed by atoms with Crippen LogP contribution in [0.15, 0.2) is 60.0 Å². The van der Waals surface area contributed by atoms with Gasteiger partial charge in [0.1, 0.15) is 5.75 Å². The molecule has 1 fully saturated rings. The van der Waals surface area contributed by atoms with Gasteiger partial charge in [-0.05, 0) is 17.7 Å². The van der Waals surface area contributed by atoms with Gasteiger partial charge in [0.25, 0.3) is 0 Å². The summed E-state index contributed by atoms with van der Waals surface area (Å²) in [4.78, 5) is 14.3. The summed E-state index contributed by atoms with van der Waals surface area (Å²) < 4.78 is 31.8. The molecule has 148 valence electrons. The lowest BCUT2D eigenvalue weighted by molar-refractivity contribution is -0.131. The second kappa shape index (κ2) is 9.03. The molecule has 3 rings (SSSR count). The van der Waals surface area contributed by atoms with E-state index in [1.807, 2.05) is 54.6 Å². The Labute approximate surface area is 166 Å². The maximum absolute atomic E-state index is 12.6. The molecule has 1 saturated heterocycles. The smallest absolute Gasteiger partial charge is 0.236 e. The Morgan fingerprint density at radius 2 is 1.64 bits per heavy atom. The number of methoxy groups -OCH3 is 1. The quantitative estimate of drug-likeness (QED) is 0.747. The summed E-state index contributed by atoms with van der Waals surface area (Å²) in [5.41, 5.74) is 1.66. The number of amides is 1. The average molecular weight is 401 g/mol. The molecular formula is C21H24N2O4S. The van der Waals surface area contributed by atoms with Crippen LogP contribution in [0.3, 0.4) is 0 Å². The number of carbonyl (C=O) groups excluding carboxylic acids is 1. The summed E-state index contributed by atoms with van der Waals surface area (Å²) in [5.74, 6) is 0.657. The van der Waals surface area contributed by atoms with Crippen molar-refractivity contribution in [1.29, 1.82) is 0 Å². The normalized spacial score (nSPS) is 15.7. The van der Waals surface area contributed by atoms with E-state index in [-0.39, 0.29) is 12.3 Å². The van der Waals surface area contributed by atoms with E-state index in [2.05, 4.69) is 0 Å². The van der Waals surface area contributed by atoms with Crippen molar-refractivity contribution in [2.75, 3.05) is 33.3 Å². The lowest BCUT2D eigenvalue weighted by Crippen LogP contribution is -2.50. The molecule has 0 radical (unpaired) electrons. The van der Waals surface area contributed by atoms with Gasteiger partial charge in [0.05, 0.1) is 13.5 Å². The van der Waals surface area contributed by atoms with E-state index in [0.29, 0.717) is 31.9 Å². The zero-order chi connectivity index (χ0) is 20.0. The molecule has 1 aliphatic rings. The number of sulfonamides is 1. The van der Waals surface area contributed by atoms with E-state index in [0.717, 1.165) is 11.1 Å². The Morgan fingerprint density at radius 1 is 1.00 bits per heavy atom. The molecule has 1 aliphatic heterocycles. The number of benzene rings is 2. The van der Waals surface area contributed by atoms with Crippen molar-refractivity contribution < 1.29 is 17.9 Å². The lowest BCUT2D eigenvalue weighted by Gasteiger charge is -2.33. The van der Waals surface area contributed by atoms with Crippen LogP contribution in [-0.4, -0.2) is 56.8 Å². The van der Waals surface area contributed by atoms with Crippen LogP contribution in [-0.2, 0) is 21.2 Å². The van der Waals surface area contributed by atoms with Crippen molar-refractivity contribution in [3.8, 4) is 5.75 Å². The van der Waals surface area contributed by atoms with Gasteiger partial charge in [-0.2, -0.15) is 4.31 Å². The van der Waals surface area contributed by atoms with Crippen molar-refractivity contribution in [2.45, 2.75) is 6.42 Å². The highest BCUT2D eigenvalue weighted by Gasteiger charge is 2.27. The van der Waals surface area contributed by atoms with Crippen molar-refractivity contribution in [2.24, 2.45) is 0 Å². The van der Waals surface area contributed by atoms with E-state index in [1.54, 1.807) is 18.1 Å². The minimum atomic E-state index is -3.51. The minimum Gasteiger partial charge on any atom is -0.496 e. The molecule has 2 aromatic carbocycles. The summed E-state index contributed by atoms with van der Waals surface area (Å²) in [5, 5.41) is 1.23. The van der Waals surface area contributed by atoms with Crippen molar-refractivity contribution in [3.63, 3.8) is 0 Å². The number of ether oxygens (including phenoxy) is 1. The third kappa shape index (κ3) is 4.99. The minimum absolute atomic E-state index is 0.0265. The standard InChI is InChI=1S/C21H24N2O4S/c1-27-20-10-6-5-9-19(20)17-21(24)22-12-14-23(15-13-22)28(25,26)16-11-18-7-3-2-4-8-18/h2-11,16H,12-15,17H2,1H3. The number of nitrogens with zero attached hydrogens (tertiary/aromatic N) is 2. The van der Waals surface area contributed by atoms with Crippen molar-refractivity contribution in [1.82, 2.24) is 9.21 Å². The fourth-order valence-corrected chi connectivity index (χ4v) is 4.30. The zero-order valence-corrected chi connectivity index (χ0v) is 16.6. The molecule has 6 nitrogen and oxygen atoms in total. The monoisotopic (exact) mass is 400 g/mol. The maximum Gasteiger partial charge on any atom is 0.236 e. The molecule has 1 heterocycles. The van der Waals surface area contributed by atoms with Crippen LogP contribution in [0.4, 0.5) is 0 Å². The Kier molecular flexibility index (Phi) is 6.49. The number of para-hydroxylation sites is 1. The van der Waals surface area contributed by atoms with E-state index in [9.17, 15) is 13.2 Å². The third-order valence-corrected chi connectivity index (χ3v) is 6.28. The molecule has 2 aromatic rings. The molecule has 0 spiro atoms. The summed E-state index contributed by atoms with van der Waals surface area (Å²) in [6, 6.07) is 16.7. The average Bonchev–Trinajstić information content (AvgIpc) is 2.73. The van der Waals surface area contributed by atoms with Crippen LogP contribution in [0.1, 0.15) is 11.1 Å². The van der Waals surface area contributed by atoms with Crippen LogP contribution in [0, 0.1) is 0 Å². The molecule has 0 aliphatic carbocycles. The molecular weight excluding hydrogens is 376 g/mol. The van der Waals surface area contributed by atoms with Gasteiger partial charge >= 0.3 is 0 Å². The van der Waals surface area contributed by atoms with Crippen LogP contribution >= 0.6 is 0 Å². The van der Waals surface area contributed by atoms with E-state index >= 15 is 0 Å². The number of carbonyl (C=O) groups is 1. The van der Waals surface area contributed by atoms with Crippen LogP contribution < -0.4 is 4.74 Å². The van der Waals surface area contributed by atoms with Crippen molar-refractivity contribution in [3.05, 3.63) is 71.1 Å². The van der Waals surface area contributed by atoms with Gasteiger partial charge in [0, 0.05) is 37.2 Å². The zero-order valence-electron chi connectivity index (χ0n) is 15.8. The maximum atomic E-state index is 12.6. The predicted octanol–water partition coefficient (Wildman–Crippen LogP) is 2.38. The second-order valence-electron chi connectivity index (χ2n) is 6.53. The highest BCUT2D eigenvalue weighted by molar-refractivity contribution is 7.92. The summed E-state index contributed by atoms with van der Waals surface area (Å²) in [6.45, 7) is 1.34. The second-order valence-corrected chi connectivity index (χ2v) is 8.35. The van der Waals surface area contributed by atoms with Gasteiger partial charge in [0.15, 0.2) is 0 Å². The summed E-state index contributed by atoms with van der Waals surface area (Å²) in [7, 11) is -1.93. The first-order valence-corrected chi connectivity index (χ1v) is 10.6. The summed E-state index contributed by atoms with van der Waals surface area (Å²) in [6.07, 6.45) is 1.83. The molecule has 0 saturated carbocycles. The van der Waals surface area contributed by atoms with Gasteiger partial charge in [-0.1, -0.05) is 48.5 Å².